The Balaban J connectivity index is 3.02. The van der Waals surface area contributed by atoms with Crippen LogP contribution in [0.25, 0.3) is 0 Å². The van der Waals surface area contributed by atoms with Crippen LogP contribution in [0.5, 0.6) is 0 Å². The molecule has 1 amide bonds. The molecule has 0 radical (unpaired) electrons. The third kappa shape index (κ3) is 3.59. The second-order valence-corrected chi connectivity index (χ2v) is 3.83. The fourth-order valence-electron chi connectivity index (χ4n) is 1.91. The molecule has 4 nitrogen and oxygen atoms in total. The summed E-state index contributed by atoms with van der Waals surface area (Å²) in [5.74, 6) is -1.01. The van der Waals surface area contributed by atoms with Crippen LogP contribution in [0.3, 0.4) is 0 Å². The first-order chi connectivity index (χ1) is 8.06. The molecule has 1 unspecified atom stereocenters. The molecule has 0 spiro atoms. The van der Waals surface area contributed by atoms with Crippen LogP contribution in [0.15, 0.2) is 30.3 Å². The topological polar surface area (TPSA) is 57.6 Å². The van der Waals surface area contributed by atoms with Crippen LogP contribution in [0, 0.1) is 0 Å². The van der Waals surface area contributed by atoms with E-state index in [1.807, 2.05) is 37.3 Å². The highest BCUT2D eigenvalue weighted by Crippen LogP contribution is 2.24. The lowest BCUT2D eigenvalue weighted by atomic mass is 10.0. The summed E-state index contributed by atoms with van der Waals surface area (Å²) >= 11 is 0. The number of hydrogen-bond donors (Lipinski definition) is 1. The minimum atomic E-state index is -0.904. The number of amides is 1. The van der Waals surface area contributed by atoms with Gasteiger partial charge in [-0.05, 0) is 12.5 Å². The van der Waals surface area contributed by atoms with E-state index in [1.54, 1.807) is 4.90 Å². The maximum Gasteiger partial charge on any atom is 0.305 e. The molecule has 0 heterocycles. The highest BCUT2D eigenvalue weighted by molar-refractivity contribution is 5.75. The Bertz CT molecular complexity index is 389. The zero-order chi connectivity index (χ0) is 12.8. The summed E-state index contributed by atoms with van der Waals surface area (Å²) in [5, 5.41) is 8.93. The van der Waals surface area contributed by atoms with Gasteiger partial charge < -0.3 is 10.0 Å². The Labute approximate surface area is 101 Å². The predicted octanol–water partition coefficient (Wildman–Crippen LogP) is 2.07. The zero-order valence-electron chi connectivity index (χ0n) is 10.1. The van der Waals surface area contributed by atoms with Crippen LogP contribution in [-0.2, 0) is 9.59 Å². The number of rotatable bonds is 5. The average molecular weight is 235 g/mol. The van der Waals surface area contributed by atoms with Crippen molar-refractivity contribution in [2.45, 2.75) is 26.3 Å². The highest BCUT2D eigenvalue weighted by atomic mass is 16.4. The number of aliphatic carboxylic acids is 1. The monoisotopic (exact) mass is 235 g/mol. The second-order valence-electron chi connectivity index (χ2n) is 3.83. The molecule has 0 bridgehead atoms. The lowest BCUT2D eigenvalue weighted by Gasteiger charge is -2.29. The summed E-state index contributed by atoms with van der Waals surface area (Å²) in [6.07, 6.45) is -0.0720. The molecule has 0 aromatic heterocycles. The van der Waals surface area contributed by atoms with Gasteiger partial charge in [-0.1, -0.05) is 30.3 Å². The van der Waals surface area contributed by atoms with Gasteiger partial charge in [0, 0.05) is 13.5 Å². The van der Waals surface area contributed by atoms with Gasteiger partial charge in [0.15, 0.2) is 0 Å². The van der Waals surface area contributed by atoms with Gasteiger partial charge >= 0.3 is 5.97 Å². The summed E-state index contributed by atoms with van der Waals surface area (Å²) in [6.45, 7) is 3.81. The number of nitrogens with zero attached hydrogens (tertiary/aromatic N) is 1. The van der Waals surface area contributed by atoms with E-state index >= 15 is 0 Å². The maximum atomic E-state index is 11.5. The van der Waals surface area contributed by atoms with E-state index in [2.05, 4.69) is 0 Å². The Kier molecular flexibility index (Phi) is 4.69. The van der Waals surface area contributed by atoms with Gasteiger partial charge in [0.2, 0.25) is 5.91 Å². The SMILES string of the molecule is CCN(C(C)=O)C(CC(=O)O)c1ccccc1. The molecule has 0 aliphatic heterocycles. The normalized spacial score (nSPS) is 11.9. The second kappa shape index (κ2) is 6.03. The molecule has 4 heteroatoms. The molecule has 0 aliphatic rings. The van der Waals surface area contributed by atoms with Crippen molar-refractivity contribution in [3.63, 3.8) is 0 Å². The van der Waals surface area contributed by atoms with Crippen molar-refractivity contribution < 1.29 is 14.7 Å². The lowest BCUT2D eigenvalue weighted by Crippen LogP contribution is -2.34. The number of hydrogen-bond acceptors (Lipinski definition) is 2. The smallest absolute Gasteiger partial charge is 0.305 e. The van der Waals surface area contributed by atoms with E-state index in [4.69, 9.17) is 5.11 Å². The maximum absolute atomic E-state index is 11.5. The quantitative estimate of drug-likeness (QED) is 0.850. The van der Waals surface area contributed by atoms with Crippen molar-refractivity contribution in [2.75, 3.05) is 6.54 Å². The van der Waals surface area contributed by atoms with Gasteiger partial charge in [-0.15, -0.1) is 0 Å². The molecular formula is C13H17NO3. The first-order valence-electron chi connectivity index (χ1n) is 5.60. The first-order valence-corrected chi connectivity index (χ1v) is 5.60. The Morgan fingerprint density at radius 3 is 2.29 bits per heavy atom. The van der Waals surface area contributed by atoms with Crippen molar-refractivity contribution in [3.8, 4) is 0 Å². The number of carbonyl (C=O) groups excluding carboxylic acids is 1. The van der Waals surface area contributed by atoms with E-state index in [1.165, 1.54) is 6.92 Å². The van der Waals surface area contributed by atoms with E-state index in [0.29, 0.717) is 6.54 Å². The molecule has 1 N–H and O–H groups in total. The first kappa shape index (κ1) is 13.2. The average Bonchev–Trinajstić information content (AvgIpc) is 2.29. The highest BCUT2D eigenvalue weighted by Gasteiger charge is 2.23. The Hall–Kier alpha value is -1.84. The number of carboxylic acid groups (broad SMARTS) is 1. The van der Waals surface area contributed by atoms with E-state index < -0.39 is 12.0 Å². The summed E-state index contributed by atoms with van der Waals surface area (Å²) in [7, 11) is 0. The van der Waals surface area contributed by atoms with Crippen LogP contribution >= 0.6 is 0 Å². The van der Waals surface area contributed by atoms with Gasteiger partial charge in [-0.2, -0.15) is 0 Å². The van der Waals surface area contributed by atoms with Gasteiger partial charge in [-0.3, -0.25) is 9.59 Å². The van der Waals surface area contributed by atoms with Crippen LogP contribution in [0.4, 0.5) is 0 Å². The third-order valence-electron chi connectivity index (χ3n) is 2.67. The molecule has 0 aliphatic carbocycles. The van der Waals surface area contributed by atoms with E-state index in [9.17, 15) is 9.59 Å². The van der Waals surface area contributed by atoms with Crippen LogP contribution in [-0.4, -0.2) is 28.4 Å². The minimum absolute atomic E-state index is 0.0720. The summed E-state index contributed by atoms with van der Waals surface area (Å²) in [5.41, 5.74) is 0.854. The van der Waals surface area contributed by atoms with E-state index in [-0.39, 0.29) is 12.3 Å². The van der Waals surface area contributed by atoms with Gasteiger partial charge in [0.05, 0.1) is 12.5 Å². The molecule has 92 valence electrons. The minimum Gasteiger partial charge on any atom is -0.481 e. The molecule has 1 aromatic carbocycles. The molecule has 1 rings (SSSR count). The molecule has 1 atom stereocenters. The molecule has 0 saturated carbocycles. The number of carboxylic acids is 1. The molecule has 1 aromatic rings. The van der Waals surface area contributed by atoms with E-state index in [0.717, 1.165) is 5.56 Å². The Morgan fingerprint density at radius 2 is 1.88 bits per heavy atom. The zero-order valence-corrected chi connectivity index (χ0v) is 10.1. The molecular weight excluding hydrogens is 218 g/mol. The molecule has 0 saturated heterocycles. The number of benzene rings is 1. The number of carbonyl (C=O) groups is 2. The van der Waals surface area contributed by atoms with Crippen molar-refractivity contribution in [1.29, 1.82) is 0 Å². The van der Waals surface area contributed by atoms with Gasteiger partial charge in [-0.25, -0.2) is 0 Å². The van der Waals surface area contributed by atoms with Crippen molar-refractivity contribution in [3.05, 3.63) is 35.9 Å². The van der Waals surface area contributed by atoms with Crippen molar-refractivity contribution in [1.82, 2.24) is 4.90 Å². The summed E-state index contributed by atoms with van der Waals surface area (Å²) in [4.78, 5) is 24.0. The lowest BCUT2D eigenvalue weighted by molar-refractivity contribution is -0.140. The molecule has 0 fully saturated rings. The Morgan fingerprint density at radius 1 is 1.29 bits per heavy atom. The largest absolute Gasteiger partial charge is 0.481 e. The van der Waals surface area contributed by atoms with Crippen LogP contribution in [0.2, 0.25) is 0 Å². The van der Waals surface area contributed by atoms with Crippen molar-refractivity contribution >= 4 is 11.9 Å². The fourth-order valence-corrected chi connectivity index (χ4v) is 1.91. The predicted molar refractivity (Wildman–Crippen MR) is 64.5 cm³/mol. The third-order valence-corrected chi connectivity index (χ3v) is 2.67. The van der Waals surface area contributed by atoms with Crippen molar-refractivity contribution in [2.24, 2.45) is 0 Å². The standard InChI is InChI=1S/C13H17NO3/c1-3-14(10(2)15)12(9-13(16)17)11-7-5-4-6-8-11/h4-8,12H,3,9H2,1-2H3,(H,16,17). The fraction of sp³-hybridized carbons (Fsp3) is 0.385. The van der Waals surface area contributed by atoms with Crippen LogP contribution in [0.1, 0.15) is 31.9 Å². The summed E-state index contributed by atoms with van der Waals surface area (Å²) in [6, 6.07) is 8.86. The van der Waals surface area contributed by atoms with Crippen LogP contribution < -0.4 is 0 Å². The van der Waals surface area contributed by atoms with Gasteiger partial charge in [0.25, 0.3) is 0 Å². The van der Waals surface area contributed by atoms with Gasteiger partial charge in [0.1, 0.15) is 0 Å². The molecule has 17 heavy (non-hydrogen) atoms. The summed E-state index contributed by atoms with van der Waals surface area (Å²) < 4.78 is 0.